The van der Waals surface area contributed by atoms with Crippen molar-refractivity contribution in [1.29, 1.82) is 0 Å². The quantitative estimate of drug-likeness (QED) is 0.801. The molecule has 1 atom stereocenters. The minimum absolute atomic E-state index is 0.218. The van der Waals surface area contributed by atoms with Crippen LogP contribution in [0, 0.1) is 0 Å². The topological polar surface area (TPSA) is 75.7 Å². The van der Waals surface area contributed by atoms with Crippen LogP contribution in [0.2, 0.25) is 0 Å². The zero-order chi connectivity index (χ0) is 16.8. The van der Waals surface area contributed by atoms with Crippen molar-refractivity contribution in [2.45, 2.75) is 58.1 Å². The van der Waals surface area contributed by atoms with Gasteiger partial charge >= 0.3 is 6.09 Å². The molecule has 0 aliphatic carbocycles. The molecule has 1 heterocycles. The van der Waals surface area contributed by atoms with Crippen LogP contribution >= 0.6 is 0 Å². The summed E-state index contributed by atoms with van der Waals surface area (Å²) in [4.78, 5) is 14.0. The van der Waals surface area contributed by atoms with Gasteiger partial charge in [0, 0.05) is 18.8 Å². The highest BCUT2D eigenvalue weighted by Gasteiger charge is 2.24. The fraction of sp³-hybridized carbons (Fsp3) is 0.933. The number of likely N-dealkylation sites (tertiary alicyclic amines) is 1. The molecule has 0 aromatic carbocycles. The predicted molar refractivity (Wildman–Crippen MR) is 87.8 cm³/mol. The Kier molecular flexibility index (Phi) is 7.12. The number of sulfone groups is 1. The van der Waals surface area contributed by atoms with Crippen LogP contribution in [0.5, 0.6) is 0 Å². The second kappa shape index (κ2) is 8.15. The molecule has 0 aromatic rings. The molecule has 1 amide bonds. The Labute approximate surface area is 134 Å². The summed E-state index contributed by atoms with van der Waals surface area (Å²) >= 11 is 0. The molecule has 1 saturated heterocycles. The van der Waals surface area contributed by atoms with Gasteiger partial charge in [-0.05, 0) is 53.1 Å². The van der Waals surface area contributed by atoms with E-state index in [4.69, 9.17) is 4.74 Å². The van der Waals surface area contributed by atoms with Crippen molar-refractivity contribution in [3.63, 3.8) is 0 Å². The molecule has 1 fully saturated rings. The summed E-state index contributed by atoms with van der Waals surface area (Å²) < 4.78 is 27.7. The van der Waals surface area contributed by atoms with E-state index in [1.54, 1.807) is 0 Å². The Morgan fingerprint density at radius 3 is 2.59 bits per heavy atom. The summed E-state index contributed by atoms with van der Waals surface area (Å²) in [5, 5.41) is 2.82. The minimum Gasteiger partial charge on any atom is -0.444 e. The summed E-state index contributed by atoms with van der Waals surface area (Å²) in [5.41, 5.74) is -0.494. The van der Waals surface area contributed by atoms with Gasteiger partial charge in [-0.25, -0.2) is 13.2 Å². The smallest absolute Gasteiger partial charge is 0.407 e. The highest BCUT2D eigenvalue weighted by Crippen LogP contribution is 2.17. The molecule has 0 bridgehead atoms. The Bertz CT molecular complexity index is 457. The van der Waals surface area contributed by atoms with E-state index in [1.807, 2.05) is 20.8 Å². The molecule has 22 heavy (non-hydrogen) atoms. The lowest BCUT2D eigenvalue weighted by Gasteiger charge is -2.36. The van der Waals surface area contributed by atoms with Crippen molar-refractivity contribution in [3.05, 3.63) is 0 Å². The number of alkyl carbamates (subject to hydrolysis) is 1. The maximum absolute atomic E-state index is 11.7. The largest absolute Gasteiger partial charge is 0.444 e. The molecule has 0 aromatic heterocycles. The third-order valence-electron chi connectivity index (χ3n) is 3.59. The number of ether oxygens (including phenoxy) is 1. The van der Waals surface area contributed by atoms with Gasteiger partial charge in [-0.2, -0.15) is 0 Å². The third-order valence-corrected chi connectivity index (χ3v) is 4.62. The fourth-order valence-corrected chi connectivity index (χ4v) is 3.28. The molecule has 7 heteroatoms. The number of rotatable bonds is 6. The van der Waals surface area contributed by atoms with E-state index >= 15 is 0 Å². The first-order valence-electron chi connectivity index (χ1n) is 7.95. The van der Waals surface area contributed by atoms with Crippen LogP contribution in [0.1, 0.15) is 46.5 Å². The molecule has 0 spiro atoms. The second-order valence-electron chi connectivity index (χ2n) is 7.05. The van der Waals surface area contributed by atoms with Gasteiger partial charge < -0.3 is 10.1 Å². The van der Waals surface area contributed by atoms with Crippen molar-refractivity contribution < 1.29 is 17.9 Å². The normalized spacial score (nSPS) is 20.6. The first-order chi connectivity index (χ1) is 10.1. The molecular weight excluding hydrogens is 304 g/mol. The number of nitrogens with zero attached hydrogens (tertiary/aromatic N) is 1. The molecule has 130 valence electrons. The molecule has 6 nitrogen and oxygen atoms in total. The van der Waals surface area contributed by atoms with Crippen molar-refractivity contribution in [2.75, 3.05) is 31.6 Å². The van der Waals surface area contributed by atoms with E-state index in [0.717, 1.165) is 32.4 Å². The lowest BCUT2D eigenvalue weighted by atomic mass is 10.0. The fourth-order valence-electron chi connectivity index (χ4n) is 2.63. The Morgan fingerprint density at radius 2 is 2.00 bits per heavy atom. The summed E-state index contributed by atoms with van der Waals surface area (Å²) in [6, 6.07) is 0.265. The number of hydrogen-bond acceptors (Lipinski definition) is 5. The van der Waals surface area contributed by atoms with Crippen LogP contribution in [0.25, 0.3) is 0 Å². The molecule has 1 rings (SSSR count). The van der Waals surface area contributed by atoms with Crippen molar-refractivity contribution in [2.24, 2.45) is 0 Å². The van der Waals surface area contributed by atoms with Crippen LogP contribution in [0.15, 0.2) is 0 Å². The molecule has 1 aliphatic heterocycles. The number of carbonyl (C=O) groups excluding carboxylic acids is 1. The van der Waals surface area contributed by atoms with E-state index < -0.39 is 21.5 Å². The summed E-state index contributed by atoms with van der Waals surface area (Å²) in [6.45, 7) is 7.78. The van der Waals surface area contributed by atoms with Crippen molar-refractivity contribution in [1.82, 2.24) is 10.2 Å². The first-order valence-corrected chi connectivity index (χ1v) is 10.0. The zero-order valence-electron chi connectivity index (χ0n) is 14.2. The van der Waals surface area contributed by atoms with E-state index in [-0.39, 0.29) is 11.8 Å². The third kappa shape index (κ3) is 8.58. The van der Waals surface area contributed by atoms with Gasteiger partial charge in [-0.15, -0.1) is 0 Å². The highest BCUT2D eigenvalue weighted by molar-refractivity contribution is 7.90. The lowest BCUT2D eigenvalue weighted by molar-refractivity contribution is 0.0495. The molecule has 1 N–H and O–H groups in total. The Hall–Kier alpha value is -0.820. The summed E-state index contributed by atoms with van der Waals surface area (Å²) in [6.07, 6.45) is 4.81. The zero-order valence-corrected chi connectivity index (χ0v) is 15.0. The molecular formula is C15H30N2O4S. The number of hydrogen-bond donors (Lipinski definition) is 1. The Balaban J connectivity index is 2.40. The lowest BCUT2D eigenvalue weighted by Crippen LogP contribution is -2.48. The predicted octanol–water partition coefficient (Wildman–Crippen LogP) is 1.80. The average Bonchev–Trinajstić information content (AvgIpc) is 2.34. The average molecular weight is 334 g/mol. The number of nitrogens with one attached hydrogen (secondary N) is 1. The monoisotopic (exact) mass is 334 g/mol. The van der Waals surface area contributed by atoms with E-state index in [2.05, 4.69) is 10.2 Å². The van der Waals surface area contributed by atoms with Crippen LogP contribution in [0.3, 0.4) is 0 Å². The number of piperidine rings is 1. The maximum atomic E-state index is 11.7. The summed E-state index contributed by atoms with van der Waals surface area (Å²) in [7, 11) is -2.90. The van der Waals surface area contributed by atoms with Gasteiger partial charge in [0.25, 0.3) is 0 Å². The van der Waals surface area contributed by atoms with Crippen molar-refractivity contribution >= 4 is 15.9 Å². The highest BCUT2D eigenvalue weighted by atomic mass is 32.2. The molecule has 0 radical (unpaired) electrons. The van der Waals surface area contributed by atoms with Crippen LogP contribution < -0.4 is 5.32 Å². The van der Waals surface area contributed by atoms with E-state index in [9.17, 15) is 13.2 Å². The maximum Gasteiger partial charge on any atom is 0.407 e. The standard InChI is InChI=1S/C15H30N2O4S/c1-15(2,3)21-14(18)16-12-13-8-5-6-9-17(13)10-7-11-22(4,19)20/h13H,5-12H2,1-4H3,(H,16,18). The van der Waals surface area contributed by atoms with Gasteiger partial charge in [0.1, 0.15) is 15.4 Å². The van der Waals surface area contributed by atoms with E-state index in [1.165, 1.54) is 6.26 Å². The second-order valence-corrected chi connectivity index (χ2v) is 9.31. The van der Waals surface area contributed by atoms with Gasteiger partial charge in [0.2, 0.25) is 0 Å². The number of amides is 1. The summed E-state index contributed by atoms with van der Waals surface area (Å²) in [5.74, 6) is 0.218. The SMILES string of the molecule is CC(C)(C)OC(=O)NCC1CCCCN1CCCS(C)(=O)=O. The van der Waals surface area contributed by atoms with Gasteiger partial charge in [-0.3, -0.25) is 4.90 Å². The van der Waals surface area contributed by atoms with Gasteiger partial charge in [-0.1, -0.05) is 6.42 Å². The molecule has 0 saturated carbocycles. The van der Waals surface area contributed by atoms with Crippen LogP contribution in [0.4, 0.5) is 4.79 Å². The van der Waals surface area contributed by atoms with E-state index in [0.29, 0.717) is 13.0 Å². The van der Waals surface area contributed by atoms with Crippen molar-refractivity contribution in [3.8, 4) is 0 Å². The Morgan fingerprint density at radius 1 is 1.32 bits per heavy atom. The van der Waals surface area contributed by atoms with Gasteiger partial charge in [0.15, 0.2) is 0 Å². The first kappa shape index (κ1) is 19.2. The van der Waals surface area contributed by atoms with Crippen LogP contribution in [-0.4, -0.2) is 62.7 Å². The minimum atomic E-state index is -2.90. The molecule has 1 unspecified atom stereocenters. The molecule has 1 aliphatic rings. The van der Waals surface area contributed by atoms with Gasteiger partial charge in [0.05, 0.1) is 5.75 Å². The van der Waals surface area contributed by atoms with Crippen LogP contribution in [-0.2, 0) is 14.6 Å². The number of carbonyl (C=O) groups is 1.